The molecule has 0 atom stereocenters. The molecule has 1 N–H and O–H groups in total. The highest BCUT2D eigenvalue weighted by molar-refractivity contribution is 6.31. The Bertz CT molecular complexity index is 1400. The van der Waals surface area contributed by atoms with Gasteiger partial charge in [0, 0.05) is 49.8 Å². The SMILES string of the molecule is COc1cc2c(Nc3cccc(Cl)c3F)ncnc2cc1OC1CCN(C(=O)c2cccnc2)CC1. The fourth-order valence-electron chi connectivity index (χ4n) is 4.17. The van der Waals surface area contributed by atoms with Crippen molar-refractivity contribution < 1.29 is 18.7 Å². The second kappa shape index (κ2) is 10.3. The minimum absolute atomic E-state index is 0.0137. The van der Waals surface area contributed by atoms with E-state index in [9.17, 15) is 9.18 Å². The zero-order chi connectivity index (χ0) is 25.1. The van der Waals surface area contributed by atoms with E-state index in [0.29, 0.717) is 59.7 Å². The van der Waals surface area contributed by atoms with Crippen molar-refractivity contribution >= 4 is 39.9 Å². The fraction of sp³-hybridized carbons (Fsp3) is 0.231. The monoisotopic (exact) mass is 507 g/mol. The smallest absolute Gasteiger partial charge is 0.255 e. The number of hydrogen-bond donors (Lipinski definition) is 1. The molecule has 0 unspecified atom stereocenters. The number of aromatic nitrogens is 3. The number of piperidine rings is 1. The van der Waals surface area contributed by atoms with E-state index in [0.717, 1.165) is 0 Å². The minimum atomic E-state index is -0.564. The number of nitrogens with zero attached hydrogens (tertiary/aromatic N) is 4. The van der Waals surface area contributed by atoms with Gasteiger partial charge in [-0.3, -0.25) is 9.78 Å². The first-order valence-corrected chi connectivity index (χ1v) is 11.8. The Morgan fingerprint density at radius 1 is 1.14 bits per heavy atom. The second-order valence-corrected chi connectivity index (χ2v) is 8.73. The Kier molecular flexibility index (Phi) is 6.81. The first kappa shape index (κ1) is 23.7. The van der Waals surface area contributed by atoms with Crippen molar-refractivity contribution in [3.05, 3.63) is 77.6 Å². The Morgan fingerprint density at radius 2 is 1.97 bits per heavy atom. The number of halogens is 2. The van der Waals surface area contributed by atoms with Crippen molar-refractivity contribution in [1.82, 2.24) is 19.9 Å². The van der Waals surface area contributed by atoms with E-state index in [1.165, 1.54) is 12.4 Å². The number of benzene rings is 2. The van der Waals surface area contributed by atoms with E-state index in [4.69, 9.17) is 21.1 Å². The van der Waals surface area contributed by atoms with E-state index in [-0.39, 0.29) is 22.7 Å². The van der Waals surface area contributed by atoms with Gasteiger partial charge in [-0.15, -0.1) is 0 Å². The van der Waals surface area contributed by atoms with Crippen LogP contribution in [0.5, 0.6) is 11.5 Å². The molecular weight excluding hydrogens is 485 g/mol. The number of carbonyl (C=O) groups is 1. The van der Waals surface area contributed by atoms with Crippen LogP contribution in [0.3, 0.4) is 0 Å². The van der Waals surface area contributed by atoms with Gasteiger partial charge in [-0.05, 0) is 30.3 Å². The van der Waals surface area contributed by atoms with Crippen LogP contribution in [0.1, 0.15) is 23.2 Å². The molecule has 2 aromatic heterocycles. The fourth-order valence-corrected chi connectivity index (χ4v) is 4.35. The lowest BCUT2D eigenvalue weighted by Crippen LogP contribution is -2.41. The molecule has 3 heterocycles. The molecule has 1 amide bonds. The molecule has 5 rings (SSSR count). The summed E-state index contributed by atoms with van der Waals surface area (Å²) < 4.78 is 26.3. The summed E-state index contributed by atoms with van der Waals surface area (Å²) in [6.45, 7) is 1.16. The topological polar surface area (TPSA) is 89.5 Å². The van der Waals surface area contributed by atoms with Crippen LogP contribution < -0.4 is 14.8 Å². The zero-order valence-corrected chi connectivity index (χ0v) is 20.2. The lowest BCUT2D eigenvalue weighted by Gasteiger charge is -2.32. The molecule has 0 aliphatic carbocycles. The van der Waals surface area contributed by atoms with E-state index in [1.807, 2.05) is 4.90 Å². The van der Waals surface area contributed by atoms with E-state index in [1.54, 1.807) is 55.9 Å². The van der Waals surface area contributed by atoms with E-state index in [2.05, 4.69) is 20.3 Å². The standard InChI is InChI=1S/C26H23ClFN5O3/c1-35-22-12-18-21(30-15-31-25(18)32-20-6-2-5-19(27)24(20)28)13-23(22)36-17-7-10-33(11-8-17)26(34)16-4-3-9-29-14-16/h2-6,9,12-15,17H,7-8,10-11H2,1H3,(H,30,31,32). The predicted molar refractivity (Wildman–Crippen MR) is 135 cm³/mol. The number of rotatable bonds is 6. The highest BCUT2D eigenvalue weighted by Gasteiger charge is 2.26. The van der Waals surface area contributed by atoms with Crippen LogP contribution in [0, 0.1) is 5.82 Å². The number of hydrogen-bond acceptors (Lipinski definition) is 7. The average Bonchev–Trinajstić information content (AvgIpc) is 2.91. The number of amides is 1. The summed E-state index contributed by atoms with van der Waals surface area (Å²) in [5.41, 5.74) is 1.39. The minimum Gasteiger partial charge on any atom is -0.493 e. The van der Waals surface area contributed by atoms with Gasteiger partial charge in [-0.25, -0.2) is 14.4 Å². The molecule has 0 bridgehead atoms. The summed E-state index contributed by atoms with van der Waals surface area (Å²) >= 11 is 5.91. The average molecular weight is 508 g/mol. The maximum Gasteiger partial charge on any atom is 0.255 e. The third-order valence-corrected chi connectivity index (χ3v) is 6.35. The van der Waals surface area contributed by atoms with E-state index >= 15 is 0 Å². The third-order valence-electron chi connectivity index (χ3n) is 6.06. The maximum atomic E-state index is 14.4. The van der Waals surface area contributed by atoms with Gasteiger partial charge in [-0.2, -0.15) is 0 Å². The molecule has 1 saturated heterocycles. The summed E-state index contributed by atoms with van der Waals surface area (Å²) in [6.07, 6.45) is 5.89. The molecule has 4 aromatic rings. The lowest BCUT2D eigenvalue weighted by atomic mass is 10.1. The largest absolute Gasteiger partial charge is 0.493 e. The molecule has 2 aromatic carbocycles. The quantitative estimate of drug-likeness (QED) is 0.381. The molecule has 1 aliphatic rings. The normalized spacial score (nSPS) is 14.0. The van der Waals surface area contributed by atoms with Gasteiger partial charge in [0.25, 0.3) is 5.91 Å². The van der Waals surface area contributed by atoms with Crippen LogP contribution in [0.15, 0.2) is 61.2 Å². The van der Waals surface area contributed by atoms with Gasteiger partial charge in [0.05, 0.1) is 28.9 Å². The summed E-state index contributed by atoms with van der Waals surface area (Å²) in [7, 11) is 1.55. The van der Waals surface area contributed by atoms with Crippen molar-refractivity contribution in [3.63, 3.8) is 0 Å². The van der Waals surface area contributed by atoms with Gasteiger partial charge in [0.15, 0.2) is 17.3 Å². The molecule has 1 fully saturated rings. The van der Waals surface area contributed by atoms with Crippen LogP contribution in [0.25, 0.3) is 10.9 Å². The second-order valence-electron chi connectivity index (χ2n) is 8.32. The van der Waals surface area contributed by atoms with Crippen LogP contribution in [0.2, 0.25) is 5.02 Å². The Hall–Kier alpha value is -3.98. The third kappa shape index (κ3) is 4.87. The number of likely N-dealkylation sites (tertiary alicyclic amines) is 1. The van der Waals surface area contributed by atoms with Crippen LogP contribution >= 0.6 is 11.6 Å². The van der Waals surface area contributed by atoms with Crippen molar-refractivity contribution in [2.24, 2.45) is 0 Å². The first-order valence-electron chi connectivity index (χ1n) is 11.4. The van der Waals surface area contributed by atoms with Gasteiger partial charge in [0.2, 0.25) is 0 Å². The molecule has 8 nitrogen and oxygen atoms in total. The number of methoxy groups -OCH3 is 1. The van der Waals surface area contributed by atoms with Gasteiger partial charge < -0.3 is 19.7 Å². The predicted octanol–water partition coefficient (Wildman–Crippen LogP) is 5.25. The maximum absolute atomic E-state index is 14.4. The number of ether oxygens (including phenoxy) is 2. The molecule has 0 radical (unpaired) electrons. The van der Waals surface area contributed by atoms with Crippen molar-refractivity contribution in [2.75, 3.05) is 25.5 Å². The number of fused-ring (bicyclic) bond motifs is 1. The van der Waals surface area contributed by atoms with E-state index < -0.39 is 5.82 Å². The zero-order valence-electron chi connectivity index (χ0n) is 19.4. The van der Waals surface area contributed by atoms with Gasteiger partial charge >= 0.3 is 0 Å². The van der Waals surface area contributed by atoms with Crippen LogP contribution in [-0.2, 0) is 0 Å². The lowest BCUT2D eigenvalue weighted by molar-refractivity contribution is 0.0590. The molecule has 184 valence electrons. The van der Waals surface area contributed by atoms with Gasteiger partial charge in [-0.1, -0.05) is 17.7 Å². The molecular formula is C26H23ClFN5O3. The Balaban J connectivity index is 1.33. The number of pyridine rings is 1. The van der Waals surface area contributed by atoms with Crippen molar-refractivity contribution in [1.29, 1.82) is 0 Å². The van der Waals surface area contributed by atoms with Crippen molar-refractivity contribution in [3.8, 4) is 11.5 Å². The Morgan fingerprint density at radius 3 is 2.72 bits per heavy atom. The van der Waals surface area contributed by atoms with Crippen molar-refractivity contribution in [2.45, 2.75) is 18.9 Å². The summed E-state index contributed by atoms with van der Waals surface area (Å²) in [5, 5.41) is 3.64. The summed E-state index contributed by atoms with van der Waals surface area (Å²) in [6, 6.07) is 11.8. The molecule has 36 heavy (non-hydrogen) atoms. The molecule has 0 spiro atoms. The summed E-state index contributed by atoms with van der Waals surface area (Å²) in [4.78, 5) is 27.2. The first-order chi connectivity index (χ1) is 17.5. The molecule has 0 saturated carbocycles. The van der Waals surface area contributed by atoms with Crippen LogP contribution in [-0.4, -0.2) is 52.1 Å². The van der Waals surface area contributed by atoms with Gasteiger partial charge in [0.1, 0.15) is 18.2 Å². The number of nitrogens with one attached hydrogen (secondary N) is 1. The number of carbonyl (C=O) groups excluding carboxylic acids is 1. The Labute approximate surface area is 212 Å². The number of anilines is 2. The highest BCUT2D eigenvalue weighted by atomic mass is 35.5. The van der Waals surface area contributed by atoms with Crippen LogP contribution in [0.4, 0.5) is 15.9 Å². The molecule has 1 aliphatic heterocycles. The summed E-state index contributed by atoms with van der Waals surface area (Å²) in [5.74, 6) is 0.860. The molecule has 10 heteroatoms. The highest BCUT2D eigenvalue weighted by Crippen LogP contribution is 2.36.